The molecule has 0 fully saturated rings. The molecule has 22 heavy (non-hydrogen) atoms. The van der Waals surface area contributed by atoms with Crippen LogP contribution < -0.4 is 10.6 Å². The Morgan fingerprint density at radius 3 is 2.59 bits per heavy atom. The van der Waals surface area contributed by atoms with Gasteiger partial charge in [0.15, 0.2) is 0 Å². The minimum atomic E-state index is -0.474. The highest BCUT2D eigenvalue weighted by atomic mass is 16.6. The predicted molar refractivity (Wildman–Crippen MR) is 89.0 cm³/mol. The number of alkyl carbamates (subject to hydrolysis) is 1. The van der Waals surface area contributed by atoms with E-state index in [1.165, 1.54) is 11.1 Å². The molecule has 1 amide bonds. The van der Waals surface area contributed by atoms with Gasteiger partial charge in [-0.15, -0.1) is 0 Å². The molecule has 0 saturated heterocycles. The molecule has 0 aromatic heterocycles. The maximum Gasteiger partial charge on any atom is 0.408 e. The highest BCUT2D eigenvalue weighted by molar-refractivity contribution is 5.68. The van der Waals surface area contributed by atoms with E-state index in [9.17, 15) is 4.79 Å². The molecule has 0 radical (unpaired) electrons. The first-order valence-corrected chi connectivity index (χ1v) is 7.99. The fourth-order valence-corrected chi connectivity index (χ4v) is 2.77. The first-order valence-electron chi connectivity index (χ1n) is 7.99. The van der Waals surface area contributed by atoms with E-state index in [4.69, 9.17) is 4.74 Å². The van der Waals surface area contributed by atoms with Crippen LogP contribution in [0.4, 0.5) is 4.79 Å². The van der Waals surface area contributed by atoms with Crippen molar-refractivity contribution < 1.29 is 9.53 Å². The number of amides is 1. The summed E-state index contributed by atoms with van der Waals surface area (Å²) in [5.41, 5.74) is 1.98. The van der Waals surface area contributed by atoms with Crippen molar-refractivity contribution in [3.8, 4) is 0 Å². The molecular formula is C18H28N2O2. The van der Waals surface area contributed by atoms with Gasteiger partial charge in [-0.1, -0.05) is 24.3 Å². The second-order valence-electron chi connectivity index (χ2n) is 7.68. The third-order valence-electron chi connectivity index (χ3n) is 3.76. The number of rotatable bonds is 4. The lowest BCUT2D eigenvalue weighted by Crippen LogP contribution is -2.52. The van der Waals surface area contributed by atoms with Crippen LogP contribution in [-0.4, -0.2) is 23.8 Å². The van der Waals surface area contributed by atoms with Crippen molar-refractivity contribution in [3.63, 3.8) is 0 Å². The molecule has 1 atom stereocenters. The molecule has 122 valence electrons. The summed E-state index contributed by atoms with van der Waals surface area (Å²) >= 11 is 0. The van der Waals surface area contributed by atoms with Crippen molar-refractivity contribution in [3.05, 3.63) is 35.4 Å². The molecule has 2 rings (SSSR count). The highest BCUT2D eigenvalue weighted by Gasteiger charge is 2.27. The molecule has 1 aromatic carbocycles. The average Bonchev–Trinajstić information content (AvgIpc) is 2.76. The minimum absolute atomic E-state index is 0.361. The van der Waals surface area contributed by atoms with Crippen LogP contribution in [-0.2, 0) is 11.2 Å². The van der Waals surface area contributed by atoms with Gasteiger partial charge in [-0.3, -0.25) is 0 Å². The Bertz CT molecular complexity index is 532. The second-order valence-corrected chi connectivity index (χ2v) is 7.68. The van der Waals surface area contributed by atoms with Crippen LogP contribution in [0.3, 0.4) is 0 Å². The largest absolute Gasteiger partial charge is 0.444 e. The lowest BCUT2D eigenvalue weighted by molar-refractivity contribution is 0.0470. The van der Waals surface area contributed by atoms with Crippen molar-refractivity contribution >= 4 is 6.09 Å². The van der Waals surface area contributed by atoms with E-state index in [-0.39, 0.29) is 11.6 Å². The SMILES string of the molecule is CC(C)(CNC1CCc2ccccc21)NC(=O)OC(C)(C)C. The summed E-state index contributed by atoms with van der Waals surface area (Å²) in [6, 6.07) is 8.93. The fraction of sp³-hybridized carbons (Fsp3) is 0.611. The molecule has 0 aliphatic heterocycles. The summed E-state index contributed by atoms with van der Waals surface area (Å²) in [5, 5.41) is 6.51. The van der Waals surface area contributed by atoms with Crippen LogP contribution in [0, 0.1) is 0 Å². The van der Waals surface area contributed by atoms with E-state index in [0.717, 1.165) is 12.8 Å². The minimum Gasteiger partial charge on any atom is -0.444 e. The number of aryl methyl sites for hydroxylation is 1. The van der Waals surface area contributed by atoms with Crippen molar-refractivity contribution in [2.75, 3.05) is 6.54 Å². The molecule has 1 aromatic rings. The summed E-state index contributed by atoms with van der Waals surface area (Å²) < 4.78 is 5.32. The summed E-state index contributed by atoms with van der Waals surface area (Å²) in [7, 11) is 0. The Morgan fingerprint density at radius 1 is 1.23 bits per heavy atom. The quantitative estimate of drug-likeness (QED) is 0.894. The van der Waals surface area contributed by atoms with Gasteiger partial charge in [0.25, 0.3) is 0 Å². The Hall–Kier alpha value is -1.55. The molecule has 2 N–H and O–H groups in total. The lowest BCUT2D eigenvalue weighted by Gasteiger charge is -2.30. The molecule has 0 saturated carbocycles. The number of nitrogens with one attached hydrogen (secondary N) is 2. The van der Waals surface area contributed by atoms with Crippen molar-refractivity contribution in [1.29, 1.82) is 0 Å². The highest BCUT2D eigenvalue weighted by Crippen LogP contribution is 2.30. The number of fused-ring (bicyclic) bond motifs is 1. The number of ether oxygens (including phenoxy) is 1. The Kier molecular flexibility index (Phi) is 4.81. The van der Waals surface area contributed by atoms with Gasteiger partial charge in [0.2, 0.25) is 0 Å². The lowest BCUT2D eigenvalue weighted by atomic mass is 10.0. The Balaban J connectivity index is 1.87. The van der Waals surface area contributed by atoms with Crippen molar-refractivity contribution in [2.24, 2.45) is 0 Å². The smallest absolute Gasteiger partial charge is 0.408 e. The molecule has 0 spiro atoms. The van der Waals surface area contributed by atoms with Gasteiger partial charge >= 0.3 is 6.09 Å². The normalized spacial score (nSPS) is 18.0. The van der Waals surface area contributed by atoms with Crippen LogP contribution >= 0.6 is 0 Å². The Labute approximate surface area is 133 Å². The van der Waals surface area contributed by atoms with E-state index in [2.05, 4.69) is 34.9 Å². The van der Waals surface area contributed by atoms with Crippen LogP contribution in [0.2, 0.25) is 0 Å². The average molecular weight is 304 g/mol. The first kappa shape index (κ1) is 16.8. The van der Waals surface area contributed by atoms with Crippen molar-refractivity contribution in [1.82, 2.24) is 10.6 Å². The van der Waals surface area contributed by atoms with Crippen molar-refractivity contribution in [2.45, 2.75) is 64.6 Å². The number of benzene rings is 1. The summed E-state index contributed by atoms with van der Waals surface area (Å²) in [4.78, 5) is 11.9. The fourth-order valence-electron chi connectivity index (χ4n) is 2.77. The number of hydrogen-bond donors (Lipinski definition) is 2. The van der Waals surface area contributed by atoms with Gasteiger partial charge in [-0.05, 0) is 58.6 Å². The zero-order valence-corrected chi connectivity index (χ0v) is 14.3. The van der Waals surface area contributed by atoms with Crippen LogP contribution in [0.1, 0.15) is 58.2 Å². The van der Waals surface area contributed by atoms with Gasteiger partial charge in [-0.2, -0.15) is 0 Å². The van der Waals surface area contributed by atoms with E-state index in [0.29, 0.717) is 12.6 Å². The zero-order valence-electron chi connectivity index (χ0n) is 14.3. The number of carbonyl (C=O) groups is 1. The maximum atomic E-state index is 11.9. The molecule has 0 bridgehead atoms. The van der Waals surface area contributed by atoms with Crippen LogP contribution in [0.5, 0.6) is 0 Å². The van der Waals surface area contributed by atoms with E-state index < -0.39 is 5.60 Å². The van der Waals surface area contributed by atoms with E-state index in [1.54, 1.807) is 0 Å². The predicted octanol–water partition coefficient (Wildman–Crippen LogP) is 3.57. The summed E-state index contributed by atoms with van der Waals surface area (Å²) in [6.07, 6.45) is 1.86. The number of carbonyl (C=O) groups excluding carboxylic acids is 1. The molecular weight excluding hydrogens is 276 g/mol. The second kappa shape index (κ2) is 6.29. The molecule has 1 unspecified atom stereocenters. The van der Waals surface area contributed by atoms with Gasteiger partial charge in [0, 0.05) is 12.6 Å². The van der Waals surface area contributed by atoms with Crippen LogP contribution in [0.25, 0.3) is 0 Å². The molecule has 1 aliphatic rings. The zero-order chi connectivity index (χ0) is 16.4. The number of hydrogen-bond acceptors (Lipinski definition) is 3. The first-order chi connectivity index (χ1) is 10.2. The maximum absolute atomic E-state index is 11.9. The monoisotopic (exact) mass is 304 g/mol. The van der Waals surface area contributed by atoms with Crippen LogP contribution in [0.15, 0.2) is 24.3 Å². The summed E-state index contributed by atoms with van der Waals surface area (Å²) in [6.45, 7) is 10.3. The van der Waals surface area contributed by atoms with Gasteiger partial charge in [-0.25, -0.2) is 4.79 Å². The molecule has 4 nitrogen and oxygen atoms in total. The summed E-state index contributed by atoms with van der Waals surface area (Å²) in [5.74, 6) is 0. The Morgan fingerprint density at radius 2 is 1.91 bits per heavy atom. The molecule has 1 aliphatic carbocycles. The molecule has 0 heterocycles. The van der Waals surface area contributed by atoms with E-state index in [1.807, 2.05) is 34.6 Å². The third kappa shape index (κ3) is 4.73. The molecule has 4 heteroatoms. The van der Waals surface area contributed by atoms with Gasteiger partial charge in [0.1, 0.15) is 5.60 Å². The topological polar surface area (TPSA) is 50.4 Å². The standard InChI is InChI=1S/C18H28N2O2/c1-17(2,3)22-16(21)20-18(4,5)12-19-15-11-10-13-8-6-7-9-14(13)15/h6-9,15,19H,10-12H2,1-5H3,(H,20,21). The van der Waals surface area contributed by atoms with E-state index >= 15 is 0 Å². The van der Waals surface area contributed by atoms with Gasteiger partial charge < -0.3 is 15.4 Å². The van der Waals surface area contributed by atoms with Gasteiger partial charge in [0.05, 0.1) is 5.54 Å². The third-order valence-corrected chi connectivity index (χ3v) is 3.76.